The summed E-state index contributed by atoms with van der Waals surface area (Å²) in [5.41, 5.74) is 1.18. The summed E-state index contributed by atoms with van der Waals surface area (Å²) < 4.78 is 14.9. The predicted molar refractivity (Wildman–Crippen MR) is 45.9 cm³/mol. The number of rotatable bonds is 0. The summed E-state index contributed by atoms with van der Waals surface area (Å²) in [5.74, 6) is -0.288. The van der Waals surface area contributed by atoms with Gasteiger partial charge >= 0.3 is 0 Å². The minimum Gasteiger partial charge on any atom is -0.508 e. The fraction of sp³-hybridized carbons (Fsp3) is 0.100. The normalized spacial score (nSPS) is 18.5. The molecule has 0 amide bonds. The van der Waals surface area contributed by atoms with E-state index in [-0.39, 0.29) is 30.1 Å². The first-order valence-corrected chi connectivity index (χ1v) is 3.62. The Morgan fingerprint density at radius 3 is 3.08 bits per heavy atom. The Balaban J connectivity index is 2.66. The van der Waals surface area contributed by atoms with Crippen LogP contribution in [0.4, 0.5) is 0 Å². The van der Waals surface area contributed by atoms with Crippen LogP contribution in [0.2, 0.25) is 0 Å². The Bertz CT molecular complexity index is 449. The second-order valence-corrected chi connectivity index (χ2v) is 2.69. The van der Waals surface area contributed by atoms with E-state index >= 15 is 0 Å². The van der Waals surface area contributed by atoms with Crippen molar-refractivity contribution in [1.82, 2.24) is 0 Å². The first-order valence-electron chi connectivity index (χ1n) is 4.62. The molecular formula is C10H8O2. The van der Waals surface area contributed by atoms with Gasteiger partial charge in [-0.2, -0.15) is 0 Å². The first kappa shape index (κ1) is 5.14. The third-order valence-corrected chi connectivity index (χ3v) is 1.78. The highest BCUT2D eigenvalue weighted by Gasteiger charge is 2.09. The Kier molecular flexibility index (Phi) is 1.06. The molecule has 0 aliphatic heterocycles. The van der Waals surface area contributed by atoms with Gasteiger partial charge in [0.1, 0.15) is 5.75 Å². The van der Waals surface area contributed by atoms with E-state index in [9.17, 15) is 9.90 Å². The van der Waals surface area contributed by atoms with Gasteiger partial charge in [-0.3, -0.25) is 4.79 Å². The molecule has 12 heavy (non-hydrogen) atoms. The maximum atomic E-state index is 11.2. The number of ketones is 1. The summed E-state index contributed by atoms with van der Waals surface area (Å²) in [6, 6.07) is 4.13. The van der Waals surface area contributed by atoms with Gasteiger partial charge in [-0.05, 0) is 29.3 Å². The highest BCUT2D eigenvalue weighted by molar-refractivity contribution is 5.98. The van der Waals surface area contributed by atoms with Crippen molar-refractivity contribution in [2.45, 2.75) is 6.42 Å². The van der Waals surface area contributed by atoms with Crippen LogP contribution < -0.4 is 0 Å². The number of hydrogen-bond donors (Lipinski definition) is 1. The van der Waals surface area contributed by atoms with Gasteiger partial charge in [0.05, 0.1) is 2.74 Å². The molecule has 0 saturated heterocycles. The maximum Gasteiger partial charge on any atom is 0.160 e. The summed E-state index contributed by atoms with van der Waals surface area (Å²) in [5, 5.41) is 9.21. The van der Waals surface area contributed by atoms with E-state index in [1.807, 2.05) is 0 Å². The maximum absolute atomic E-state index is 11.2. The summed E-state index contributed by atoms with van der Waals surface area (Å²) in [4.78, 5) is 11.2. The first-order chi connectivity index (χ1) is 6.59. The molecule has 0 saturated carbocycles. The average Bonchev–Trinajstić information content (AvgIpc) is 2.16. The predicted octanol–water partition coefficient (Wildman–Crippen LogP) is 1.53. The third-order valence-electron chi connectivity index (χ3n) is 1.78. The fourth-order valence-corrected chi connectivity index (χ4v) is 1.19. The number of carbonyl (C=O) groups excluding carboxylic acids is 1. The summed E-state index contributed by atoms with van der Waals surface area (Å²) in [6.45, 7) is 0. The second-order valence-electron chi connectivity index (χ2n) is 2.69. The van der Waals surface area contributed by atoms with Crippen molar-refractivity contribution < 1.29 is 12.6 Å². The van der Waals surface area contributed by atoms with Crippen LogP contribution in [-0.4, -0.2) is 10.9 Å². The van der Waals surface area contributed by atoms with Crippen LogP contribution >= 0.6 is 0 Å². The molecule has 2 rings (SSSR count). The molecule has 0 unspecified atom stereocenters. The van der Waals surface area contributed by atoms with E-state index < -0.39 is 0 Å². The van der Waals surface area contributed by atoms with E-state index in [2.05, 4.69) is 0 Å². The molecule has 1 aromatic rings. The Morgan fingerprint density at radius 2 is 2.25 bits per heavy atom. The number of allylic oxidation sites excluding steroid dienone is 1. The highest BCUT2D eigenvalue weighted by atomic mass is 16.3. The molecule has 60 valence electrons. The Morgan fingerprint density at radius 1 is 1.42 bits per heavy atom. The largest absolute Gasteiger partial charge is 0.508 e. The zero-order valence-electron chi connectivity index (χ0n) is 8.29. The van der Waals surface area contributed by atoms with Gasteiger partial charge in [0.15, 0.2) is 5.78 Å². The fourth-order valence-electron chi connectivity index (χ4n) is 1.19. The zero-order chi connectivity index (χ0) is 10.3. The van der Waals surface area contributed by atoms with Crippen molar-refractivity contribution in [2.24, 2.45) is 0 Å². The lowest BCUT2D eigenvalue weighted by molar-refractivity contribution is -0.114. The lowest BCUT2D eigenvalue weighted by Gasteiger charge is -2.08. The monoisotopic (exact) mass is 162 g/mol. The Hall–Kier alpha value is -1.57. The van der Waals surface area contributed by atoms with Crippen LogP contribution in [-0.2, 0) is 11.2 Å². The van der Waals surface area contributed by atoms with Crippen molar-refractivity contribution in [1.29, 1.82) is 0 Å². The average molecular weight is 162 g/mol. The lowest BCUT2D eigenvalue weighted by Crippen LogP contribution is -2.04. The number of fused-ring (bicyclic) bond motifs is 1. The zero-order valence-corrected chi connectivity index (χ0v) is 6.29. The molecule has 1 N–H and O–H groups in total. The minimum absolute atomic E-state index is 0.0515. The van der Waals surface area contributed by atoms with Gasteiger partial charge in [0, 0.05) is 6.42 Å². The van der Waals surface area contributed by atoms with E-state index in [4.69, 9.17) is 2.74 Å². The molecule has 2 nitrogen and oxygen atoms in total. The molecule has 0 radical (unpaired) electrons. The SMILES string of the molecule is [2H]C1=C([2H])c2cc(O)ccc2CC1=O. The standard InChI is InChI=1S/C10H8O2/c11-9-3-1-7-5-10(12)4-2-8(7)6-9/h1-5,12H,6H2/i1D,3D. The second kappa shape index (κ2) is 2.48. The quantitative estimate of drug-likeness (QED) is 0.628. The van der Waals surface area contributed by atoms with Gasteiger partial charge in [-0.1, -0.05) is 12.1 Å². The number of hydrogen-bond acceptors (Lipinski definition) is 2. The van der Waals surface area contributed by atoms with Crippen molar-refractivity contribution in [3.05, 3.63) is 35.4 Å². The van der Waals surface area contributed by atoms with Crippen LogP contribution in [0.15, 0.2) is 24.3 Å². The molecule has 2 heteroatoms. The van der Waals surface area contributed by atoms with Crippen molar-refractivity contribution in [3.63, 3.8) is 0 Å². The smallest absolute Gasteiger partial charge is 0.160 e. The molecule has 1 aromatic carbocycles. The summed E-state index contributed by atoms with van der Waals surface area (Å²) in [6.07, 6.45) is 0.150. The molecule has 1 aliphatic carbocycles. The van der Waals surface area contributed by atoms with Crippen molar-refractivity contribution >= 4 is 11.8 Å². The van der Waals surface area contributed by atoms with E-state index in [0.29, 0.717) is 11.1 Å². The van der Waals surface area contributed by atoms with E-state index in [1.165, 1.54) is 12.1 Å². The molecular weight excluding hydrogens is 152 g/mol. The van der Waals surface area contributed by atoms with Crippen LogP contribution in [0.3, 0.4) is 0 Å². The van der Waals surface area contributed by atoms with E-state index in [0.717, 1.165) is 0 Å². The number of benzene rings is 1. The number of phenols is 1. The van der Waals surface area contributed by atoms with Crippen LogP contribution in [0.1, 0.15) is 13.9 Å². The summed E-state index contributed by atoms with van der Waals surface area (Å²) >= 11 is 0. The van der Waals surface area contributed by atoms with Gasteiger partial charge in [0.2, 0.25) is 0 Å². The molecule has 0 spiro atoms. The molecule has 0 atom stereocenters. The highest BCUT2D eigenvalue weighted by Crippen LogP contribution is 2.21. The molecule has 0 aromatic heterocycles. The lowest BCUT2D eigenvalue weighted by atomic mass is 9.97. The molecule has 0 bridgehead atoms. The molecule has 1 aliphatic rings. The van der Waals surface area contributed by atoms with Gasteiger partial charge in [0.25, 0.3) is 0 Å². The van der Waals surface area contributed by atoms with Crippen molar-refractivity contribution in [2.75, 3.05) is 0 Å². The van der Waals surface area contributed by atoms with Crippen molar-refractivity contribution in [3.8, 4) is 5.75 Å². The van der Waals surface area contributed by atoms with E-state index in [1.54, 1.807) is 6.07 Å². The van der Waals surface area contributed by atoms with Crippen LogP contribution in [0.5, 0.6) is 5.75 Å². The van der Waals surface area contributed by atoms with Crippen LogP contribution in [0.25, 0.3) is 6.05 Å². The Labute approximate surface area is 73.0 Å². The van der Waals surface area contributed by atoms with Gasteiger partial charge in [-0.25, -0.2) is 0 Å². The summed E-state index contributed by atoms with van der Waals surface area (Å²) in [7, 11) is 0. The number of carbonyl (C=O) groups is 1. The minimum atomic E-state index is -0.340. The number of aromatic hydroxyl groups is 1. The van der Waals surface area contributed by atoms with Crippen LogP contribution in [0, 0.1) is 0 Å². The molecule has 0 heterocycles. The third kappa shape index (κ3) is 1.11. The van der Waals surface area contributed by atoms with Gasteiger partial charge in [-0.15, -0.1) is 0 Å². The topological polar surface area (TPSA) is 37.3 Å². The van der Waals surface area contributed by atoms with Gasteiger partial charge < -0.3 is 5.11 Å². The molecule has 0 fully saturated rings. The number of phenolic OH excluding ortho intramolecular Hbond substituents is 1.